The van der Waals surface area contributed by atoms with Gasteiger partial charge in [-0.3, -0.25) is 14.4 Å². The second-order valence-electron chi connectivity index (χ2n) is 3.45. The third-order valence-corrected chi connectivity index (χ3v) is 2.67. The number of nitrogens with zero attached hydrogens (tertiary/aromatic N) is 1. The fraction of sp³-hybridized carbons (Fsp3) is 0.625. The molecule has 1 saturated heterocycles. The number of fused-ring (bicyclic) bond motifs is 1. The van der Waals surface area contributed by atoms with Crippen LogP contribution in [-0.4, -0.2) is 28.6 Å². The van der Waals surface area contributed by atoms with Crippen LogP contribution in [0.15, 0.2) is 0 Å². The Kier molecular flexibility index (Phi) is 1.69. The molecular weight excluding hydrogens is 174 g/mol. The van der Waals surface area contributed by atoms with Gasteiger partial charge in [-0.1, -0.05) is 0 Å². The first-order chi connectivity index (χ1) is 6.11. The van der Waals surface area contributed by atoms with E-state index in [1.54, 1.807) is 0 Å². The van der Waals surface area contributed by atoms with Crippen LogP contribution in [0.2, 0.25) is 0 Å². The highest BCUT2D eigenvalue weighted by Crippen LogP contribution is 2.32. The van der Waals surface area contributed by atoms with E-state index in [2.05, 4.69) is 0 Å². The van der Waals surface area contributed by atoms with Gasteiger partial charge in [-0.15, -0.1) is 0 Å². The fourth-order valence-corrected chi connectivity index (χ4v) is 1.96. The largest absolute Gasteiger partial charge is 0.756 e. The molecule has 2 unspecified atom stereocenters. The summed E-state index contributed by atoms with van der Waals surface area (Å²) in [5.74, 6) is -2.00. The molecule has 0 aromatic carbocycles. The zero-order chi connectivity index (χ0) is 9.59. The van der Waals surface area contributed by atoms with Crippen molar-refractivity contribution in [1.29, 1.82) is 0 Å². The molecule has 1 saturated carbocycles. The molecule has 1 aliphatic heterocycles. The van der Waals surface area contributed by atoms with Crippen molar-refractivity contribution in [3.8, 4) is 0 Å². The summed E-state index contributed by atoms with van der Waals surface area (Å²) in [7, 11) is 0. The van der Waals surface area contributed by atoms with Crippen molar-refractivity contribution in [3.63, 3.8) is 0 Å². The number of amides is 1. The van der Waals surface area contributed by atoms with E-state index in [1.165, 1.54) is 0 Å². The van der Waals surface area contributed by atoms with Crippen molar-refractivity contribution < 1.29 is 14.4 Å². The van der Waals surface area contributed by atoms with Crippen LogP contribution in [-0.2, 0) is 14.4 Å². The van der Waals surface area contributed by atoms with Gasteiger partial charge in [0.1, 0.15) is 0 Å². The number of carbonyl (C=O) groups is 3. The second-order valence-corrected chi connectivity index (χ2v) is 3.45. The van der Waals surface area contributed by atoms with Gasteiger partial charge in [0.05, 0.1) is 6.04 Å². The molecule has 2 fully saturated rings. The lowest BCUT2D eigenvalue weighted by molar-refractivity contribution is -0.142. The normalized spacial score (nSPS) is 33.9. The Morgan fingerprint density at radius 2 is 2.00 bits per heavy atom. The van der Waals surface area contributed by atoms with Crippen LogP contribution in [0, 0.1) is 11.1 Å². The molecule has 1 amide bonds. The average Bonchev–Trinajstić information content (AvgIpc) is 2.37. The van der Waals surface area contributed by atoms with Crippen LogP contribution >= 0.6 is 0 Å². The number of rotatable bonds is 0. The minimum Gasteiger partial charge on any atom is -0.756 e. The quantitative estimate of drug-likeness (QED) is 0.479. The third kappa shape index (κ3) is 1.07. The Labute approximate surface area is 74.3 Å². The molecule has 2 rings (SSSR count). The minimum absolute atomic E-state index is 0.118. The Bertz CT molecular complexity index is 299. The second kappa shape index (κ2) is 2.63. The molecule has 1 aliphatic carbocycles. The molecule has 1 heterocycles. The van der Waals surface area contributed by atoms with E-state index >= 15 is 0 Å². The molecule has 0 bridgehead atoms. The summed E-state index contributed by atoms with van der Waals surface area (Å²) in [6.07, 6.45) is 0.786. The van der Waals surface area contributed by atoms with E-state index < -0.39 is 23.5 Å². The maximum Gasteiger partial charge on any atom is 0.220 e. The molecule has 0 aromatic rings. The number of Topliss-reactive ketones (excluding diaryl/α,β-unsaturated/α-hetero) is 2. The Morgan fingerprint density at radius 1 is 1.31 bits per heavy atom. The maximum atomic E-state index is 11.2. The van der Waals surface area contributed by atoms with Gasteiger partial charge in [0.2, 0.25) is 17.5 Å². The van der Waals surface area contributed by atoms with E-state index in [0.717, 1.165) is 0 Å². The van der Waals surface area contributed by atoms with Crippen molar-refractivity contribution in [1.82, 2.24) is 5.06 Å². The van der Waals surface area contributed by atoms with Crippen LogP contribution in [0.25, 0.3) is 0 Å². The maximum absolute atomic E-state index is 11.2. The summed E-state index contributed by atoms with van der Waals surface area (Å²) in [5, 5.41) is 11.3. The zero-order valence-corrected chi connectivity index (χ0v) is 6.86. The van der Waals surface area contributed by atoms with Gasteiger partial charge in [0.25, 0.3) is 0 Å². The van der Waals surface area contributed by atoms with E-state index in [-0.39, 0.29) is 23.8 Å². The highest BCUT2D eigenvalue weighted by molar-refractivity contribution is 6.40. The first-order valence-corrected chi connectivity index (χ1v) is 4.17. The molecule has 0 radical (unpaired) electrons. The number of carbonyl (C=O) groups excluding carboxylic acids is 3. The summed E-state index contributed by atoms with van der Waals surface area (Å²) < 4.78 is 0. The average molecular weight is 182 g/mol. The number of hydroxylamine groups is 2. The number of hydrogen-bond acceptors (Lipinski definition) is 4. The van der Waals surface area contributed by atoms with Crippen LogP contribution in [0.3, 0.4) is 0 Å². The van der Waals surface area contributed by atoms with Crippen LogP contribution < -0.4 is 0 Å². The number of ketones is 2. The van der Waals surface area contributed by atoms with Crippen LogP contribution in [0.1, 0.15) is 19.3 Å². The molecule has 2 atom stereocenters. The Balaban J connectivity index is 2.29. The van der Waals surface area contributed by atoms with Crippen molar-refractivity contribution >= 4 is 17.5 Å². The molecule has 2 aliphatic rings. The first-order valence-electron chi connectivity index (χ1n) is 4.17. The molecule has 0 aromatic heterocycles. The van der Waals surface area contributed by atoms with Gasteiger partial charge in [-0.2, -0.15) is 0 Å². The van der Waals surface area contributed by atoms with E-state index in [9.17, 15) is 19.6 Å². The minimum atomic E-state index is -1.01. The molecule has 70 valence electrons. The predicted molar refractivity (Wildman–Crippen MR) is 41.4 cm³/mol. The highest BCUT2D eigenvalue weighted by Gasteiger charge is 2.44. The third-order valence-electron chi connectivity index (χ3n) is 2.67. The van der Waals surface area contributed by atoms with Crippen LogP contribution in [0.4, 0.5) is 0 Å². The monoisotopic (exact) mass is 182 g/mol. The molecule has 0 N–H and O–H groups in total. The highest BCUT2D eigenvalue weighted by atomic mass is 16.5. The molecule has 0 spiro atoms. The Morgan fingerprint density at radius 3 is 2.69 bits per heavy atom. The zero-order valence-electron chi connectivity index (χ0n) is 6.86. The topological polar surface area (TPSA) is 77.5 Å². The predicted octanol–water partition coefficient (Wildman–Crippen LogP) is -0.367. The summed E-state index contributed by atoms with van der Waals surface area (Å²) in [5.41, 5.74) is 0. The van der Waals surface area contributed by atoms with Crippen molar-refractivity contribution in [3.05, 3.63) is 5.21 Å². The number of hydrogen-bond donors (Lipinski definition) is 0. The smallest absolute Gasteiger partial charge is 0.220 e. The lowest BCUT2D eigenvalue weighted by Crippen LogP contribution is -2.44. The molecule has 13 heavy (non-hydrogen) atoms. The lowest BCUT2D eigenvalue weighted by Gasteiger charge is -2.33. The van der Waals surface area contributed by atoms with Crippen molar-refractivity contribution in [2.24, 2.45) is 5.92 Å². The lowest BCUT2D eigenvalue weighted by atomic mass is 9.84. The summed E-state index contributed by atoms with van der Waals surface area (Å²) in [6.45, 7) is 0. The van der Waals surface area contributed by atoms with Gasteiger partial charge in [0.15, 0.2) is 0 Å². The van der Waals surface area contributed by atoms with E-state index in [1.807, 2.05) is 0 Å². The fourth-order valence-electron chi connectivity index (χ4n) is 1.96. The van der Waals surface area contributed by atoms with Gasteiger partial charge in [0, 0.05) is 12.8 Å². The summed E-state index contributed by atoms with van der Waals surface area (Å²) in [6, 6.07) is -1.01. The standard InChI is InChI=1S/C8H8NO4/c10-5-2-1-4-3-6(11)9(13)7(4)8(5)12/h4,7H,1-3H2/q-1. The SMILES string of the molecule is O=C1CCC2CC(=O)N([O-])C2C1=O. The van der Waals surface area contributed by atoms with Crippen molar-refractivity contribution in [2.45, 2.75) is 25.3 Å². The molecule has 5 nitrogen and oxygen atoms in total. The van der Waals surface area contributed by atoms with Crippen LogP contribution in [0.5, 0.6) is 0 Å². The van der Waals surface area contributed by atoms with E-state index in [0.29, 0.717) is 6.42 Å². The van der Waals surface area contributed by atoms with E-state index in [4.69, 9.17) is 0 Å². The Hall–Kier alpha value is -1.23. The van der Waals surface area contributed by atoms with Gasteiger partial charge in [-0.25, -0.2) is 0 Å². The molecule has 5 heteroatoms. The van der Waals surface area contributed by atoms with Gasteiger partial charge < -0.3 is 10.3 Å². The molecular formula is C8H8NO4-. The summed E-state index contributed by atoms with van der Waals surface area (Å²) >= 11 is 0. The van der Waals surface area contributed by atoms with Crippen molar-refractivity contribution in [2.75, 3.05) is 0 Å². The van der Waals surface area contributed by atoms with Gasteiger partial charge in [-0.05, 0) is 12.3 Å². The first kappa shape index (κ1) is 8.37. The van der Waals surface area contributed by atoms with Gasteiger partial charge >= 0.3 is 0 Å². The summed E-state index contributed by atoms with van der Waals surface area (Å²) in [4.78, 5) is 33.1.